The van der Waals surface area contributed by atoms with Gasteiger partial charge in [0.05, 0.1) is 0 Å². The Morgan fingerprint density at radius 3 is 2.55 bits per heavy atom. The molecule has 7 heteroatoms. The van der Waals surface area contributed by atoms with E-state index in [2.05, 4.69) is 15.2 Å². The number of hydrogen-bond donors (Lipinski definition) is 2. The minimum Gasteiger partial charge on any atom is -0.370 e. The first-order valence-corrected chi connectivity index (χ1v) is 8.33. The van der Waals surface area contributed by atoms with Gasteiger partial charge in [-0.05, 0) is 12.8 Å². The fraction of sp³-hybridized carbons (Fsp3) is 0.846. The highest BCUT2D eigenvalue weighted by atomic mass is 127. The number of carbonyl (C=O) groups excluding carboxylic acids is 1. The predicted molar refractivity (Wildman–Crippen MR) is 95.8 cm³/mol. The van der Waals surface area contributed by atoms with E-state index in [1.54, 1.807) is 0 Å². The van der Waals surface area contributed by atoms with Gasteiger partial charge < -0.3 is 16.0 Å². The van der Waals surface area contributed by atoms with E-state index in [0.717, 1.165) is 37.4 Å². The lowest BCUT2D eigenvalue weighted by Crippen LogP contribution is -2.43. The molecule has 5 nitrogen and oxygen atoms in total. The smallest absolute Gasteiger partial charge is 0.242 e. The summed E-state index contributed by atoms with van der Waals surface area (Å²) in [5, 5.41) is 3.05. The third-order valence-corrected chi connectivity index (χ3v) is 4.63. The van der Waals surface area contributed by atoms with E-state index in [9.17, 15) is 4.79 Å². The molecule has 1 saturated heterocycles. The van der Waals surface area contributed by atoms with Gasteiger partial charge in [-0.2, -0.15) is 11.8 Å². The second-order valence-corrected chi connectivity index (χ2v) is 6.40. The first-order chi connectivity index (χ1) is 9.25. The molecular formula is C13H25IN4OS. The molecule has 0 aromatic carbocycles. The zero-order chi connectivity index (χ0) is 13.5. The number of nitrogens with zero attached hydrogens (tertiary/aromatic N) is 2. The molecule has 1 saturated carbocycles. The Bertz CT molecular complexity index is 328. The summed E-state index contributed by atoms with van der Waals surface area (Å²) in [7, 11) is 0. The Morgan fingerprint density at radius 1 is 1.25 bits per heavy atom. The number of amides is 1. The number of guanidine groups is 1. The molecule has 0 aromatic rings. The summed E-state index contributed by atoms with van der Waals surface area (Å²) in [6.07, 6.45) is 5.95. The molecule has 1 aliphatic heterocycles. The summed E-state index contributed by atoms with van der Waals surface area (Å²) >= 11 is 1.93. The standard InChI is InChI=1S/C13H24N4OS.HI/c14-13(17-6-8-19-9-7-17)15-10-12(18)16-11-4-2-1-3-5-11;/h11H,1-10H2,(H2,14,15)(H,16,18);1H. The number of halogens is 1. The maximum Gasteiger partial charge on any atom is 0.242 e. The molecule has 0 spiro atoms. The van der Waals surface area contributed by atoms with Crippen LogP contribution in [0.5, 0.6) is 0 Å². The summed E-state index contributed by atoms with van der Waals surface area (Å²) in [5.41, 5.74) is 5.92. The first kappa shape index (κ1) is 17.9. The number of hydrogen-bond acceptors (Lipinski definition) is 3. The van der Waals surface area contributed by atoms with Crippen molar-refractivity contribution in [3.8, 4) is 0 Å². The van der Waals surface area contributed by atoms with Crippen molar-refractivity contribution in [1.82, 2.24) is 10.2 Å². The van der Waals surface area contributed by atoms with Crippen molar-refractivity contribution in [3.05, 3.63) is 0 Å². The number of aliphatic imine (C=N–C) groups is 1. The number of nitrogens with two attached hydrogens (primary N) is 1. The lowest BCUT2D eigenvalue weighted by Gasteiger charge is -2.27. The fourth-order valence-electron chi connectivity index (χ4n) is 2.57. The Kier molecular flexibility index (Phi) is 8.67. The normalized spacial score (nSPS) is 21.2. The van der Waals surface area contributed by atoms with Crippen molar-refractivity contribution < 1.29 is 4.79 Å². The third kappa shape index (κ3) is 6.07. The molecule has 0 radical (unpaired) electrons. The second-order valence-electron chi connectivity index (χ2n) is 5.18. The molecule has 2 aliphatic rings. The van der Waals surface area contributed by atoms with Crippen molar-refractivity contribution in [3.63, 3.8) is 0 Å². The predicted octanol–water partition coefficient (Wildman–Crippen LogP) is 1.42. The Labute approximate surface area is 142 Å². The van der Waals surface area contributed by atoms with E-state index in [-0.39, 0.29) is 36.4 Å². The monoisotopic (exact) mass is 412 g/mol. The van der Waals surface area contributed by atoms with Crippen molar-refractivity contribution in [2.75, 3.05) is 31.1 Å². The highest BCUT2D eigenvalue weighted by Gasteiger charge is 2.16. The minimum absolute atomic E-state index is 0. The molecule has 1 heterocycles. The zero-order valence-corrected chi connectivity index (χ0v) is 15.0. The SMILES string of the molecule is I.NC(=NCC(=O)NC1CCCCC1)N1CCSCC1. The Balaban J connectivity index is 0.00000200. The summed E-state index contributed by atoms with van der Waals surface area (Å²) < 4.78 is 0. The van der Waals surface area contributed by atoms with Crippen LogP contribution in [0.15, 0.2) is 4.99 Å². The summed E-state index contributed by atoms with van der Waals surface area (Å²) in [4.78, 5) is 18.1. The van der Waals surface area contributed by atoms with Gasteiger partial charge in [-0.25, -0.2) is 4.99 Å². The number of thioether (sulfide) groups is 1. The molecule has 116 valence electrons. The summed E-state index contributed by atoms with van der Waals surface area (Å²) in [5.74, 6) is 2.69. The quantitative estimate of drug-likeness (QED) is 0.418. The van der Waals surface area contributed by atoms with Crippen LogP contribution in [0.4, 0.5) is 0 Å². The van der Waals surface area contributed by atoms with E-state index in [1.807, 2.05) is 11.8 Å². The minimum atomic E-state index is 0. The molecule has 0 atom stereocenters. The van der Waals surface area contributed by atoms with E-state index in [4.69, 9.17) is 5.73 Å². The fourth-order valence-corrected chi connectivity index (χ4v) is 3.47. The lowest BCUT2D eigenvalue weighted by atomic mass is 9.95. The van der Waals surface area contributed by atoms with Gasteiger partial charge in [0.15, 0.2) is 5.96 Å². The van der Waals surface area contributed by atoms with Crippen LogP contribution in [0, 0.1) is 0 Å². The Hall–Kier alpha value is -0.180. The molecule has 3 N–H and O–H groups in total. The van der Waals surface area contributed by atoms with E-state index in [0.29, 0.717) is 12.0 Å². The molecule has 0 unspecified atom stereocenters. The van der Waals surface area contributed by atoms with Crippen molar-refractivity contribution in [2.45, 2.75) is 38.1 Å². The Morgan fingerprint density at radius 2 is 1.90 bits per heavy atom. The van der Waals surface area contributed by atoms with Crippen LogP contribution in [0.2, 0.25) is 0 Å². The molecular weight excluding hydrogens is 387 g/mol. The van der Waals surface area contributed by atoms with Gasteiger partial charge in [-0.15, -0.1) is 24.0 Å². The molecule has 0 bridgehead atoms. The van der Waals surface area contributed by atoms with Gasteiger partial charge in [-0.3, -0.25) is 4.79 Å². The van der Waals surface area contributed by atoms with Crippen LogP contribution >= 0.6 is 35.7 Å². The van der Waals surface area contributed by atoms with Gasteiger partial charge in [0.2, 0.25) is 5.91 Å². The number of nitrogens with one attached hydrogen (secondary N) is 1. The average molecular weight is 412 g/mol. The second kappa shape index (κ2) is 9.70. The average Bonchev–Trinajstić information content (AvgIpc) is 2.47. The molecule has 2 rings (SSSR count). The van der Waals surface area contributed by atoms with E-state index < -0.39 is 0 Å². The highest BCUT2D eigenvalue weighted by molar-refractivity contribution is 14.0. The van der Waals surface area contributed by atoms with Gasteiger partial charge in [0.1, 0.15) is 6.54 Å². The van der Waals surface area contributed by atoms with Crippen molar-refractivity contribution >= 4 is 47.6 Å². The van der Waals surface area contributed by atoms with Gasteiger partial charge in [0, 0.05) is 30.6 Å². The zero-order valence-electron chi connectivity index (χ0n) is 11.8. The van der Waals surface area contributed by atoms with Crippen LogP contribution in [0.25, 0.3) is 0 Å². The van der Waals surface area contributed by atoms with Crippen molar-refractivity contribution in [2.24, 2.45) is 10.7 Å². The molecule has 1 amide bonds. The molecule has 1 aliphatic carbocycles. The lowest BCUT2D eigenvalue weighted by molar-refractivity contribution is -0.120. The van der Waals surface area contributed by atoms with Crippen LogP contribution in [-0.2, 0) is 4.79 Å². The topological polar surface area (TPSA) is 70.7 Å². The van der Waals surface area contributed by atoms with Gasteiger partial charge in [0.25, 0.3) is 0 Å². The molecule has 2 fully saturated rings. The van der Waals surface area contributed by atoms with Crippen molar-refractivity contribution in [1.29, 1.82) is 0 Å². The maximum absolute atomic E-state index is 11.8. The van der Waals surface area contributed by atoms with Gasteiger partial charge in [-0.1, -0.05) is 19.3 Å². The number of rotatable bonds is 3. The van der Waals surface area contributed by atoms with Crippen LogP contribution in [-0.4, -0.2) is 53.9 Å². The maximum atomic E-state index is 11.8. The van der Waals surface area contributed by atoms with Crippen LogP contribution in [0.1, 0.15) is 32.1 Å². The van der Waals surface area contributed by atoms with Gasteiger partial charge >= 0.3 is 0 Å². The molecule has 20 heavy (non-hydrogen) atoms. The molecule has 0 aromatic heterocycles. The summed E-state index contributed by atoms with van der Waals surface area (Å²) in [6, 6.07) is 0.351. The van der Waals surface area contributed by atoms with Crippen LogP contribution < -0.4 is 11.1 Å². The summed E-state index contributed by atoms with van der Waals surface area (Å²) in [6.45, 7) is 2.03. The largest absolute Gasteiger partial charge is 0.370 e. The third-order valence-electron chi connectivity index (χ3n) is 3.69. The highest BCUT2D eigenvalue weighted by Crippen LogP contribution is 2.17. The van der Waals surface area contributed by atoms with E-state index >= 15 is 0 Å². The van der Waals surface area contributed by atoms with E-state index in [1.165, 1.54) is 19.3 Å². The first-order valence-electron chi connectivity index (χ1n) is 7.17. The number of carbonyl (C=O) groups is 1. The van der Waals surface area contributed by atoms with Crippen LogP contribution in [0.3, 0.4) is 0 Å².